The van der Waals surface area contributed by atoms with Gasteiger partial charge in [-0.15, -0.1) is 0 Å². The van der Waals surface area contributed by atoms with Crippen LogP contribution >= 0.6 is 0 Å². The number of esters is 2. The Morgan fingerprint density at radius 2 is 1.64 bits per heavy atom. The van der Waals surface area contributed by atoms with Crippen LogP contribution in [0.2, 0.25) is 0 Å². The molecule has 0 aromatic carbocycles. The largest absolute Gasteiger partial charge is 0.743 e. The maximum Gasteiger partial charge on any atom is 0.432 e. The Kier molecular flexibility index (Phi) is 9.39. The molecule has 0 N–H and O–H groups in total. The van der Waals surface area contributed by atoms with Crippen LogP contribution in [-0.4, -0.2) is 66.4 Å². The second-order valence-corrected chi connectivity index (χ2v) is 15.0. The first kappa shape index (κ1) is 35.4. The summed E-state index contributed by atoms with van der Waals surface area (Å²) in [4.78, 5) is 63.5. The summed E-state index contributed by atoms with van der Waals surface area (Å²) in [5.74, 6) is -4.15. The first-order valence-electron chi connectivity index (χ1n) is 14.9. The van der Waals surface area contributed by atoms with Crippen LogP contribution in [0.4, 0.5) is 22.0 Å². The number of Topliss-reactive ketones (excluding diaryl/α,β-unsaturated/α-hetero) is 3. The quantitative estimate of drug-likeness (QED) is 0.198. The van der Waals surface area contributed by atoms with Gasteiger partial charge in [0, 0.05) is 43.4 Å². The lowest BCUT2D eigenvalue weighted by molar-refractivity contribution is -0.260. The number of carbonyl (C=O) groups is 5. The van der Waals surface area contributed by atoms with Crippen molar-refractivity contribution in [3.05, 3.63) is 0 Å². The van der Waals surface area contributed by atoms with Crippen molar-refractivity contribution < 1.29 is 68.4 Å². The molecule has 254 valence electrons. The molecular weight excluding hydrogens is 635 g/mol. The van der Waals surface area contributed by atoms with Crippen molar-refractivity contribution in [2.24, 2.45) is 46.3 Å². The maximum atomic E-state index is 13.8. The number of ketones is 3. The molecule has 4 aliphatic carbocycles. The van der Waals surface area contributed by atoms with E-state index in [-0.39, 0.29) is 77.5 Å². The van der Waals surface area contributed by atoms with Gasteiger partial charge in [-0.05, 0) is 60.7 Å². The molecule has 4 rings (SSSR count). The lowest BCUT2D eigenvalue weighted by Crippen LogP contribution is -2.60. The van der Waals surface area contributed by atoms with Gasteiger partial charge in [0.05, 0.1) is 0 Å². The molecule has 0 aromatic rings. The average Bonchev–Trinajstić information content (AvgIpc) is 3.27. The highest BCUT2D eigenvalue weighted by Gasteiger charge is 2.66. The minimum absolute atomic E-state index is 0.0381. The molecule has 0 spiro atoms. The van der Waals surface area contributed by atoms with E-state index < -0.39 is 51.6 Å². The molecule has 0 aliphatic heterocycles. The van der Waals surface area contributed by atoms with Gasteiger partial charge in [-0.2, -0.15) is 22.0 Å². The van der Waals surface area contributed by atoms with Gasteiger partial charge in [-0.1, -0.05) is 20.8 Å². The Hall–Kier alpha value is -2.49. The molecule has 0 aromatic heterocycles. The summed E-state index contributed by atoms with van der Waals surface area (Å²) in [7, 11) is -6.87. The van der Waals surface area contributed by atoms with E-state index in [4.69, 9.17) is 0 Å². The number of ether oxygens (including phenoxy) is 2. The molecular formula is C29H36F5O10S-. The number of rotatable bonds is 9. The molecule has 0 amide bonds. The molecule has 2 unspecified atom stereocenters. The standard InChI is InChI=1S/C29H37F5O10S/c1-14(4-7-22(38)43-13-23(39)44-25(28(30,31)32)29(33,34)45(40,41)42)17-5-6-18-24-19(12-21(37)27(17,18)3)26(2)9-8-16(35)10-15(26)11-20(24)36/h14-15,17-19,24-25H,4-13H2,1-3H3,(H,40,41,42)/p-1/t14-,15+,17?,18+,19+,24+,25?,26+,27-/m1/s1. The number of halogens is 5. The lowest BCUT2D eigenvalue weighted by atomic mass is 9.44. The van der Waals surface area contributed by atoms with E-state index in [0.29, 0.717) is 38.5 Å². The summed E-state index contributed by atoms with van der Waals surface area (Å²) in [5.41, 5.74) is -1.12. The summed E-state index contributed by atoms with van der Waals surface area (Å²) in [6, 6.07) is 0. The molecule has 0 saturated heterocycles. The molecule has 16 heteroatoms. The van der Waals surface area contributed by atoms with Crippen LogP contribution in [0.5, 0.6) is 0 Å². The van der Waals surface area contributed by atoms with Crippen LogP contribution in [0.15, 0.2) is 0 Å². The molecule has 10 nitrogen and oxygen atoms in total. The topological polar surface area (TPSA) is 161 Å². The fraction of sp³-hybridized carbons (Fsp3) is 0.828. The van der Waals surface area contributed by atoms with Crippen molar-refractivity contribution in [3.8, 4) is 0 Å². The summed E-state index contributed by atoms with van der Waals surface area (Å²) in [6.45, 7) is 4.22. The Bertz CT molecular complexity index is 1360. The van der Waals surface area contributed by atoms with E-state index in [1.165, 1.54) is 0 Å². The van der Waals surface area contributed by atoms with E-state index in [1.54, 1.807) is 0 Å². The Labute approximate surface area is 256 Å². The van der Waals surface area contributed by atoms with Gasteiger partial charge in [0.25, 0.3) is 6.10 Å². The first-order valence-corrected chi connectivity index (χ1v) is 16.3. The van der Waals surface area contributed by atoms with Gasteiger partial charge in [0.2, 0.25) is 0 Å². The fourth-order valence-corrected chi connectivity index (χ4v) is 9.21. The molecule has 4 aliphatic rings. The van der Waals surface area contributed by atoms with Crippen molar-refractivity contribution in [3.63, 3.8) is 0 Å². The van der Waals surface area contributed by atoms with Crippen molar-refractivity contribution >= 4 is 39.4 Å². The summed E-state index contributed by atoms with van der Waals surface area (Å²) in [6.07, 6.45) is -7.73. The van der Waals surface area contributed by atoms with Crippen molar-refractivity contribution in [2.75, 3.05) is 6.61 Å². The zero-order valence-corrected chi connectivity index (χ0v) is 25.8. The highest BCUT2D eigenvalue weighted by molar-refractivity contribution is 7.86. The van der Waals surface area contributed by atoms with E-state index in [2.05, 4.69) is 16.4 Å². The first-order chi connectivity index (χ1) is 20.5. The molecule has 9 atom stereocenters. The number of hydrogen-bond acceptors (Lipinski definition) is 10. The zero-order chi connectivity index (χ0) is 33.9. The second kappa shape index (κ2) is 11.9. The van der Waals surface area contributed by atoms with Crippen molar-refractivity contribution in [1.82, 2.24) is 0 Å². The van der Waals surface area contributed by atoms with Crippen molar-refractivity contribution in [1.29, 1.82) is 0 Å². The van der Waals surface area contributed by atoms with E-state index in [9.17, 15) is 58.9 Å². The van der Waals surface area contributed by atoms with Crippen LogP contribution in [0.25, 0.3) is 0 Å². The van der Waals surface area contributed by atoms with Gasteiger partial charge in [0.15, 0.2) is 16.7 Å². The second-order valence-electron chi connectivity index (χ2n) is 13.6. The third-order valence-electron chi connectivity index (χ3n) is 11.2. The zero-order valence-electron chi connectivity index (χ0n) is 25.0. The van der Waals surface area contributed by atoms with E-state index >= 15 is 0 Å². The van der Waals surface area contributed by atoms with Crippen LogP contribution in [0.1, 0.15) is 78.6 Å². The third-order valence-corrected chi connectivity index (χ3v) is 12.1. The smallest absolute Gasteiger partial charge is 0.432 e. The van der Waals surface area contributed by atoms with E-state index in [1.807, 2.05) is 13.8 Å². The van der Waals surface area contributed by atoms with Crippen LogP contribution < -0.4 is 0 Å². The normalized spacial score (nSPS) is 35.1. The Balaban J connectivity index is 1.36. The van der Waals surface area contributed by atoms with Crippen LogP contribution in [-0.2, 0) is 43.6 Å². The summed E-state index contributed by atoms with van der Waals surface area (Å²) >= 11 is 0. The average molecular weight is 672 g/mol. The molecule has 4 fully saturated rings. The van der Waals surface area contributed by atoms with Crippen molar-refractivity contribution in [2.45, 2.75) is 96.1 Å². The van der Waals surface area contributed by atoms with E-state index in [0.717, 1.165) is 0 Å². The molecule has 0 bridgehead atoms. The summed E-state index contributed by atoms with van der Waals surface area (Å²) < 4.78 is 106. The highest BCUT2D eigenvalue weighted by Crippen LogP contribution is 2.66. The predicted octanol–water partition coefficient (Wildman–Crippen LogP) is 4.14. The van der Waals surface area contributed by atoms with Gasteiger partial charge >= 0.3 is 23.4 Å². The number of hydrogen-bond donors (Lipinski definition) is 0. The third kappa shape index (κ3) is 6.29. The van der Waals surface area contributed by atoms with Gasteiger partial charge in [0.1, 0.15) is 17.3 Å². The highest BCUT2D eigenvalue weighted by atomic mass is 32.2. The van der Waals surface area contributed by atoms with Gasteiger partial charge < -0.3 is 14.0 Å². The Morgan fingerprint density at radius 1 is 1.00 bits per heavy atom. The molecule has 45 heavy (non-hydrogen) atoms. The monoisotopic (exact) mass is 671 g/mol. The summed E-state index contributed by atoms with van der Waals surface area (Å²) in [5, 5.41) is -6.02. The maximum absolute atomic E-state index is 13.8. The molecule has 0 heterocycles. The minimum Gasteiger partial charge on any atom is -0.743 e. The Morgan fingerprint density at radius 3 is 2.24 bits per heavy atom. The molecule has 4 saturated carbocycles. The number of fused-ring (bicyclic) bond motifs is 5. The number of carbonyl (C=O) groups excluding carboxylic acids is 5. The number of alkyl halides is 5. The molecule has 0 radical (unpaired) electrons. The fourth-order valence-electron chi connectivity index (χ4n) is 8.77. The minimum atomic E-state index is -6.87. The van der Waals surface area contributed by atoms with Crippen LogP contribution in [0.3, 0.4) is 0 Å². The lowest BCUT2D eigenvalue weighted by Gasteiger charge is -2.58. The van der Waals surface area contributed by atoms with Crippen LogP contribution in [0, 0.1) is 46.3 Å². The SMILES string of the molecule is C[C@H](CCC(=O)OCC(=O)OC(C(F)(F)F)C(F)(F)S(=O)(=O)[O-])C1CC[C@H]2[C@@H]3C(=O)C[C@@H]4CC(=O)CC[C@]4(C)[C@H]3CC(=O)[C@]12C. The van der Waals surface area contributed by atoms with Gasteiger partial charge in [-0.3, -0.25) is 19.2 Å². The van der Waals surface area contributed by atoms with Gasteiger partial charge in [-0.25, -0.2) is 13.2 Å². The predicted molar refractivity (Wildman–Crippen MR) is 141 cm³/mol.